The molecule has 0 spiro atoms. The predicted octanol–water partition coefficient (Wildman–Crippen LogP) is 4.11. The SMILES string of the molecule is COc1cccc(CC(=O)O[C@H](C)C(=O)Nc2cc(Cl)ccc2Cl)c1. The highest BCUT2D eigenvalue weighted by Gasteiger charge is 2.19. The van der Waals surface area contributed by atoms with Gasteiger partial charge >= 0.3 is 5.97 Å². The van der Waals surface area contributed by atoms with Crippen molar-refractivity contribution in [1.29, 1.82) is 0 Å². The van der Waals surface area contributed by atoms with Gasteiger partial charge in [0.2, 0.25) is 0 Å². The van der Waals surface area contributed by atoms with E-state index in [2.05, 4.69) is 5.32 Å². The first-order valence-electron chi connectivity index (χ1n) is 7.47. The summed E-state index contributed by atoms with van der Waals surface area (Å²) in [5.41, 5.74) is 1.09. The van der Waals surface area contributed by atoms with Gasteiger partial charge in [-0.15, -0.1) is 0 Å². The third-order valence-corrected chi connectivity index (χ3v) is 3.91. The largest absolute Gasteiger partial charge is 0.497 e. The number of halogens is 2. The number of amides is 1. The minimum atomic E-state index is -0.979. The number of rotatable bonds is 6. The molecule has 0 aromatic heterocycles. The minimum absolute atomic E-state index is 0.0345. The molecule has 0 aliphatic rings. The molecule has 2 rings (SSSR count). The number of ether oxygens (including phenoxy) is 2. The van der Waals surface area contributed by atoms with Gasteiger partial charge in [0.25, 0.3) is 5.91 Å². The van der Waals surface area contributed by atoms with Crippen molar-refractivity contribution in [2.45, 2.75) is 19.4 Å². The number of hydrogen-bond donors (Lipinski definition) is 1. The van der Waals surface area contributed by atoms with Crippen molar-refractivity contribution in [2.75, 3.05) is 12.4 Å². The maximum Gasteiger partial charge on any atom is 0.311 e. The average molecular weight is 382 g/mol. The molecule has 1 atom stereocenters. The van der Waals surface area contributed by atoms with Gasteiger partial charge in [-0.1, -0.05) is 35.3 Å². The monoisotopic (exact) mass is 381 g/mol. The van der Waals surface area contributed by atoms with Crippen LogP contribution in [-0.2, 0) is 20.7 Å². The number of methoxy groups -OCH3 is 1. The van der Waals surface area contributed by atoms with Crippen LogP contribution in [0.1, 0.15) is 12.5 Å². The molecular weight excluding hydrogens is 365 g/mol. The second-order valence-electron chi connectivity index (χ2n) is 5.27. The van der Waals surface area contributed by atoms with Gasteiger partial charge in [-0.05, 0) is 42.8 Å². The zero-order valence-corrected chi connectivity index (χ0v) is 15.2. The van der Waals surface area contributed by atoms with Crippen LogP contribution in [0.4, 0.5) is 5.69 Å². The summed E-state index contributed by atoms with van der Waals surface area (Å²) in [6.07, 6.45) is -0.944. The third kappa shape index (κ3) is 5.66. The average Bonchev–Trinajstić information content (AvgIpc) is 2.58. The first-order valence-corrected chi connectivity index (χ1v) is 8.23. The fraction of sp³-hybridized carbons (Fsp3) is 0.222. The standard InChI is InChI=1S/C18H17Cl2NO4/c1-11(18(23)21-16-10-13(19)6-7-15(16)20)25-17(22)9-12-4-3-5-14(8-12)24-2/h3-8,10-11H,9H2,1-2H3,(H,21,23)/t11-/m1/s1. The fourth-order valence-corrected chi connectivity index (χ4v) is 2.41. The van der Waals surface area contributed by atoms with Crippen LogP contribution in [0.5, 0.6) is 5.75 Å². The van der Waals surface area contributed by atoms with E-state index in [1.165, 1.54) is 13.0 Å². The van der Waals surface area contributed by atoms with Crippen LogP contribution < -0.4 is 10.1 Å². The molecule has 132 valence electrons. The molecule has 25 heavy (non-hydrogen) atoms. The number of hydrogen-bond acceptors (Lipinski definition) is 4. The summed E-state index contributed by atoms with van der Waals surface area (Å²) < 4.78 is 10.3. The lowest BCUT2D eigenvalue weighted by atomic mass is 10.1. The fourth-order valence-electron chi connectivity index (χ4n) is 2.07. The van der Waals surface area contributed by atoms with Crippen molar-refractivity contribution < 1.29 is 19.1 Å². The Balaban J connectivity index is 1.93. The van der Waals surface area contributed by atoms with Crippen molar-refractivity contribution in [3.63, 3.8) is 0 Å². The van der Waals surface area contributed by atoms with Gasteiger partial charge in [0.05, 0.1) is 24.2 Å². The maximum absolute atomic E-state index is 12.2. The molecule has 2 aromatic rings. The molecule has 2 aromatic carbocycles. The molecule has 0 aliphatic carbocycles. The van der Waals surface area contributed by atoms with E-state index in [4.69, 9.17) is 32.7 Å². The second-order valence-corrected chi connectivity index (χ2v) is 6.12. The van der Waals surface area contributed by atoms with Crippen LogP contribution in [0, 0.1) is 0 Å². The summed E-state index contributed by atoms with van der Waals surface area (Å²) in [6, 6.07) is 11.8. The van der Waals surface area contributed by atoms with Crippen LogP contribution in [0.15, 0.2) is 42.5 Å². The molecule has 0 aliphatic heterocycles. The van der Waals surface area contributed by atoms with Crippen molar-refractivity contribution in [1.82, 2.24) is 0 Å². The number of esters is 1. The van der Waals surface area contributed by atoms with Gasteiger partial charge in [-0.3, -0.25) is 9.59 Å². The second kappa shape index (κ2) is 8.74. The van der Waals surface area contributed by atoms with Crippen molar-refractivity contribution in [3.05, 3.63) is 58.1 Å². The van der Waals surface area contributed by atoms with Crippen molar-refractivity contribution in [2.24, 2.45) is 0 Å². The molecule has 7 heteroatoms. The van der Waals surface area contributed by atoms with E-state index in [1.54, 1.807) is 43.5 Å². The Kier molecular flexibility index (Phi) is 6.67. The highest BCUT2D eigenvalue weighted by Crippen LogP contribution is 2.25. The molecule has 0 saturated carbocycles. The molecule has 0 radical (unpaired) electrons. The van der Waals surface area contributed by atoms with Crippen LogP contribution in [-0.4, -0.2) is 25.1 Å². The Morgan fingerprint density at radius 1 is 1.16 bits per heavy atom. The van der Waals surface area contributed by atoms with E-state index in [0.29, 0.717) is 21.5 Å². The van der Waals surface area contributed by atoms with Gasteiger partial charge in [0, 0.05) is 5.02 Å². The van der Waals surface area contributed by atoms with E-state index in [9.17, 15) is 9.59 Å². The molecular formula is C18H17Cl2NO4. The summed E-state index contributed by atoms with van der Waals surface area (Å²) in [6.45, 7) is 1.48. The van der Waals surface area contributed by atoms with Gasteiger partial charge in [0.1, 0.15) is 5.75 Å². The Morgan fingerprint density at radius 2 is 1.92 bits per heavy atom. The molecule has 1 N–H and O–H groups in total. The summed E-state index contributed by atoms with van der Waals surface area (Å²) in [5.74, 6) is -0.372. The van der Waals surface area contributed by atoms with E-state index in [1.807, 2.05) is 0 Å². The topological polar surface area (TPSA) is 64.6 Å². The highest BCUT2D eigenvalue weighted by molar-refractivity contribution is 6.35. The normalized spacial score (nSPS) is 11.5. The minimum Gasteiger partial charge on any atom is -0.497 e. The number of carbonyl (C=O) groups excluding carboxylic acids is 2. The number of nitrogens with one attached hydrogen (secondary N) is 1. The number of anilines is 1. The Morgan fingerprint density at radius 3 is 2.64 bits per heavy atom. The van der Waals surface area contributed by atoms with Gasteiger partial charge < -0.3 is 14.8 Å². The van der Waals surface area contributed by atoms with Gasteiger partial charge in [0.15, 0.2) is 6.10 Å². The molecule has 5 nitrogen and oxygen atoms in total. The third-order valence-electron chi connectivity index (χ3n) is 3.35. The molecule has 0 bridgehead atoms. The number of carbonyl (C=O) groups is 2. The smallest absolute Gasteiger partial charge is 0.311 e. The molecule has 0 heterocycles. The van der Waals surface area contributed by atoms with E-state index in [0.717, 1.165) is 5.56 Å². The molecule has 0 unspecified atom stereocenters. The Hall–Kier alpha value is -2.24. The quantitative estimate of drug-likeness (QED) is 0.764. The Labute approximate surface area is 155 Å². The summed E-state index contributed by atoms with van der Waals surface area (Å²) in [5, 5.41) is 3.36. The van der Waals surface area contributed by atoms with Crippen molar-refractivity contribution >= 4 is 40.8 Å². The number of benzene rings is 2. The Bertz CT molecular complexity index is 779. The van der Waals surface area contributed by atoms with Crippen LogP contribution >= 0.6 is 23.2 Å². The van der Waals surface area contributed by atoms with Crippen molar-refractivity contribution in [3.8, 4) is 5.75 Å². The molecule has 0 saturated heterocycles. The molecule has 1 amide bonds. The molecule has 0 fully saturated rings. The summed E-state index contributed by atoms with van der Waals surface area (Å²) in [4.78, 5) is 24.2. The van der Waals surface area contributed by atoms with Crippen LogP contribution in [0.25, 0.3) is 0 Å². The first-order chi connectivity index (χ1) is 11.9. The first kappa shape index (κ1) is 19.1. The zero-order chi connectivity index (χ0) is 18.4. The zero-order valence-electron chi connectivity index (χ0n) is 13.7. The van der Waals surface area contributed by atoms with Crippen LogP contribution in [0.2, 0.25) is 10.0 Å². The lowest BCUT2D eigenvalue weighted by Crippen LogP contribution is -2.30. The predicted molar refractivity (Wildman–Crippen MR) is 97.3 cm³/mol. The van der Waals surface area contributed by atoms with Crippen LogP contribution in [0.3, 0.4) is 0 Å². The van der Waals surface area contributed by atoms with E-state index >= 15 is 0 Å². The summed E-state index contributed by atoms with van der Waals surface area (Å²) in [7, 11) is 1.55. The van der Waals surface area contributed by atoms with Gasteiger partial charge in [-0.2, -0.15) is 0 Å². The summed E-state index contributed by atoms with van der Waals surface area (Å²) >= 11 is 11.9. The van der Waals surface area contributed by atoms with Gasteiger partial charge in [-0.25, -0.2) is 0 Å². The lowest BCUT2D eigenvalue weighted by Gasteiger charge is -2.14. The van der Waals surface area contributed by atoms with E-state index in [-0.39, 0.29) is 6.42 Å². The maximum atomic E-state index is 12.2. The lowest BCUT2D eigenvalue weighted by molar-refractivity contribution is -0.152. The van der Waals surface area contributed by atoms with E-state index < -0.39 is 18.0 Å². The highest BCUT2D eigenvalue weighted by atomic mass is 35.5.